The van der Waals surface area contributed by atoms with Gasteiger partial charge in [0.2, 0.25) is 5.91 Å². The van der Waals surface area contributed by atoms with Crippen molar-refractivity contribution in [3.05, 3.63) is 28.7 Å². The molecule has 0 saturated heterocycles. The summed E-state index contributed by atoms with van der Waals surface area (Å²) in [5.74, 6) is -0.725. The van der Waals surface area contributed by atoms with Gasteiger partial charge >= 0.3 is 6.18 Å². The van der Waals surface area contributed by atoms with Crippen LogP contribution in [0.3, 0.4) is 0 Å². The number of nitrogens with two attached hydrogens (primary N) is 1. The Morgan fingerprint density at radius 2 is 2.05 bits per heavy atom. The summed E-state index contributed by atoms with van der Waals surface area (Å²) in [4.78, 5) is 24.3. The average molecular weight is 289 g/mol. The summed E-state index contributed by atoms with van der Waals surface area (Å²) < 4.78 is 38.4. The van der Waals surface area contributed by atoms with Crippen LogP contribution in [0, 0.1) is 0 Å². The molecule has 0 atom stereocenters. The van der Waals surface area contributed by atoms with Crippen LogP contribution in [-0.4, -0.2) is 34.1 Å². The monoisotopic (exact) mass is 289 g/mol. The summed E-state index contributed by atoms with van der Waals surface area (Å²) in [5.41, 5.74) is 5.28. The zero-order chi connectivity index (χ0) is 14.9. The molecule has 2 rings (SSSR count). The number of hydrogen-bond acceptors (Lipinski definition) is 3. The van der Waals surface area contributed by atoms with Gasteiger partial charge in [-0.1, -0.05) is 0 Å². The molecule has 0 spiro atoms. The van der Waals surface area contributed by atoms with Crippen molar-refractivity contribution in [2.24, 2.45) is 0 Å². The largest absolute Gasteiger partial charge is 0.406 e. The number of alkyl halides is 3. The maximum absolute atomic E-state index is 12.5. The molecule has 0 bridgehead atoms. The minimum absolute atomic E-state index is 0.270. The molecule has 8 heteroatoms. The molecule has 1 heterocycles. The van der Waals surface area contributed by atoms with E-state index in [0.29, 0.717) is 12.8 Å². The fraction of sp³-hybridized carbons (Fsp3) is 0.500. The van der Waals surface area contributed by atoms with E-state index >= 15 is 0 Å². The number of amides is 1. The van der Waals surface area contributed by atoms with E-state index in [1.165, 1.54) is 18.3 Å². The quantitative estimate of drug-likeness (QED) is 0.898. The van der Waals surface area contributed by atoms with Gasteiger partial charge in [0, 0.05) is 24.0 Å². The Morgan fingerprint density at radius 3 is 2.60 bits per heavy atom. The van der Waals surface area contributed by atoms with E-state index in [0.717, 1.165) is 9.47 Å². The summed E-state index contributed by atoms with van der Waals surface area (Å²) >= 11 is 0. The van der Waals surface area contributed by atoms with E-state index in [1.54, 1.807) is 0 Å². The SMILES string of the molecule is Nc1ccc(=O)n(CC(=O)N(CC(F)(F)F)C2CC2)c1. The molecule has 0 radical (unpaired) electrons. The lowest BCUT2D eigenvalue weighted by Crippen LogP contribution is -2.43. The van der Waals surface area contributed by atoms with Gasteiger partial charge in [0.1, 0.15) is 13.1 Å². The highest BCUT2D eigenvalue weighted by Crippen LogP contribution is 2.30. The fourth-order valence-electron chi connectivity index (χ4n) is 1.91. The third-order valence-electron chi connectivity index (χ3n) is 2.97. The number of anilines is 1. The number of aromatic nitrogens is 1. The molecule has 1 amide bonds. The van der Waals surface area contributed by atoms with Crippen molar-refractivity contribution in [3.63, 3.8) is 0 Å². The van der Waals surface area contributed by atoms with Crippen LogP contribution < -0.4 is 11.3 Å². The first kappa shape index (κ1) is 14.4. The molecule has 1 fully saturated rings. The highest BCUT2D eigenvalue weighted by molar-refractivity contribution is 5.76. The van der Waals surface area contributed by atoms with Gasteiger partial charge in [0.05, 0.1) is 0 Å². The Hall–Kier alpha value is -1.99. The van der Waals surface area contributed by atoms with E-state index in [9.17, 15) is 22.8 Å². The van der Waals surface area contributed by atoms with Gasteiger partial charge in [-0.3, -0.25) is 9.59 Å². The molecule has 0 aliphatic heterocycles. The van der Waals surface area contributed by atoms with Crippen molar-refractivity contribution in [1.82, 2.24) is 9.47 Å². The van der Waals surface area contributed by atoms with Crippen molar-refractivity contribution in [3.8, 4) is 0 Å². The molecular formula is C12H14F3N3O2. The lowest BCUT2D eigenvalue weighted by atomic mass is 10.3. The van der Waals surface area contributed by atoms with E-state index in [4.69, 9.17) is 5.73 Å². The third kappa shape index (κ3) is 3.75. The molecule has 1 aliphatic carbocycles. The summed E-state index contributed by atoms with van der Waals surface area (Å²) in [5, 5.41) is 0. The van der Waals surface area contributed by atoms with Crippen molar-refractivity contribution in [1.29, 1.82) is 0 Å². The van der Waals surface area contributed by atoms with E-state index in [2.05, 4.69) is 0 Å². The summed E-state index contributed by atoms with van der Waals surface area (Å²) in [6.45, 7) is -1.72. The number of carbonyl (C=O) groups is 1. The van der Waals surface area contributed by atoms with Gasteiger partial charge in [0.25, 0.3) is 5.56 Å². The highest BCUT2D eigenvalue weighted by Gasteiger charge is 2.40. The van der Waals surface area contributed by atoms with Crippen LogP contribution >= 0.6 is 0 Å². The zero-order valence-corrected chi connectivity index (χ0v) is 10.6. The third-order valence-corrected chi connectivity index (χ3v) is 2.97. The Labute approximate surface area is 112 Å². The summed E-state index contributed by atoms with van der Waals surface area (Å²) in [6.07, 6.45) is -2.07. The van der Waals surface area contributed by atoms with Gasteiger partial charge in [-0.2, -0.15) is 13.2 Å². The molecule has 110 valence electrons. The predicted octanol–water partition coefficient (Wildman–Crippen LogP) is 0.984. The average Bonchev–Trinajstić information content (AvgIpc) is 3.13. The maximum atomic E-state index is 12.5. The molecule has 1 saturated carbocycles. The molecule has 5 nitrogen and oxygen atoms in total. The van der Waals surface area contributed by atoms with Crippen LogP contribution in [0.15, 0.2) is 23.1 Å². The number of halogens is 3. The standard InChI is InChI=1S/C12H14F3N3O2/c13-12(14,15)7-18(9-2-3-9)11(20)6-17-5-8(16)1-4-10(17)19/h1,4-5,9H,2-3,6-7,16H2. The molecule has 1 aromatic rings. The molecule has 1 aromatic heterocycles. The molecular weight excluding hydrogens is 275 g/mol. The van der Waals surface area contributed by atoms with Crippen LogP contribution in [0.25, 0.3) is 0 Å². The highest BCUT2D eigenvalue weighted by atomic mass is 19.4. The normalized spacial score (nSPS) is 15.2. The van der Waals surface area contributed by atoms with E-state index < -0.39 is 30.7 Å². The smallest absolute Gasteiger partial charge is 0.398 e. The van der Waals surface area contributed by atoms with Crippen LogP contribution in [0.2, 0.25) is 0 Å². The van der Waals surface area contributed by atoms with Crippen LogP contribution in [0.5, 0.6) is 0 Å². The number of hydrogen-bond donors (Lipinski definition) is 1. The number of pyridine rings is 1. The first-order valence-corrected chi connectivity index (χ1v) is 6.08. The fourth-order valence-corrected chi connectivity index (χ4v) is 1.91. The lowest BCUT2D eigenvalue weighted by Gasteiger charge is -2.24. The second kappa shape index (κ2) is 5.18. The maximum Gasteiger partial charge on any atom is 0.406 e. The van der Waals surface area contributed by atoms with Crippen molar-refractivity contribution < 1.29 is 18.0 Å². The first-order chi connectivity index (χ1) is 9.26. The number of carbonyl (C=O) groups excluding carboxylic acids is 1. The molecule has 2 N–H and O–H groups in total. The molecule has 0 aromatic carbocycles. The van der Waals surface area contributed by atoms with Crippen molar-refractivity contribution in [2.45, 2.75) is 31.6 Å². The topological polar surface area (TPSA) is 68.3 Å². The van der Waals surface area contributed by atoms with Gasteiger partial charge in [-0.15, -0.1) is 0 Å². The van der Waals surface area contributed by atoms with Crippen LogP contribution in [0.1, 0.15) is 12.8 Å². The number of nitrogen functional groups attached to an aromatic ring is 1. The Bertz CT molecular complexity index is 564. The number of nitrogens with zero attached hydrogens (tertiary/aromatic N) is 2. The van der Waals surface area contributed by atoms with E-state index in [-0.39, 0.29) is 11.7 Å². The Balaban J connectivity index is 2.12. The van der Waals surface area contributed by atoms with Gasteiger partial charge < -0.3 is 15.2 Å². The summed E-state index contributed by atoms with van der Waals surface area (Å²) in [6, 6.07) is 2.17. The van der Waals surface area contributed by atoms with Crippen LogP contribution in [0.4, 0.5) is 18.9 Å². The molecule has 0 unspecified atom stereocenters. The Morgan fingerprint density at radius 1 is 1.40 bits per heavy atom. The lowest BCUT2D eigenvalue weighted by molar-refractivity contribution is -0.162. The minimum Gasteiger partial charge on any atom is -0.398 e. The van der Waals surface area contributed by atoms with Crippen LogP contribution in [-0.2, 0) is 11.3 Å². The number of rotatable bonds is 4. The second-order valence-electron chi connectivity index (χ2n) is 4.80. The summed E-state index contributed by atoms with van der Waals surface area (Å²) in [7, 11) is 0. The van der Waals surface area contributed by atoms with Crippen molar-refractivity contribution in [2.75, 3.05) is 12.3 Å². The Kier molecular flexibility index (Phi) is 3.74. The second-order valence-corrected chi connectivity index (χ2v) is 4.80. The van der Waals surface area contributed by atoms with Gasteiger partial charge in [-0.25, -0.2) is 0 Å². The zero-order valence-electron chi connectivity index (χ0n) is 10.6. The first-order valence-electron chi connectivity index (χ1n) is 6.08. The molecule has 1 aliphatic rings. The van der Waals surface area contributed by atoms with E-state index in [1.807, 2.05) is 0 Å². The molecule has 20 heavy (non-hydrogen) atoms. The van der Waals surface area contributed by atoms with Gasteiger partial charge in [-0.05, 0) is 18.9 Å². The van der Waals surface area contributed by atoms with Crippen molar-refractivity contribution >= 4 is 11.6 Å². The van der Waals surface area contributed by atoms with Gasteiger partial charge in [0.15, 0.2) is 0 Å². The minimum atomic E-state index is -4.45. The predicted molar refractivity (Wildman–Crippen MR) is 65.9 cm³/mol.